The van der Waals surface area contributed by atoms with Crippen molar-refractivity contribution in [2.45, 2.75) is 25.7 Å². The number of nitrogens with one attached hydrogen (secondary N) is 1. The van der Waals surface area contributed by atoms with Crippen LogP contribution in [0.2, 0.25) is 0 Å². The van der Waals surface area contributed by atoms with Gasteiger partial charge in [0.15, 0.2) is 0 Å². The predicted molar refractivity (Wildman–Crippen MR) is 74.6 cm³/mol. The number of methoxy groups -OCH3 is 1. The van der Waals surface area contributed by atoms with Crippen molar-refractivity contribution in [2.24, 2.45) is 5.92 Å². The molecular formula is C14H20BrNO. The van der Waals surface area contributed by atoms with E-state index in [2.05, 4.69) is 33.4 Å². The first-order valence-corrected chi connectivity index (χ1v) is 7.12. The Morgan fingerprint density at radius 3 is 3.06 bits per heavy atom. The van der Waals surface area contributed by atoms with E-state index in [4.69, 9.17) is 4.74 Å². The summed E-state index contributed by atoms with van der Waals surface area (Å²) in [6.07, 6.45) is 5.18. The van der Waals surface area contributed by atoms with Crippen molar-refractivity contribution in [1.29, 1.82) is 0 Å². The monoisotopic (exact) mass is 297 g/mol. The summed E-state index contributed by atoms with van der Waals surface area (Å²) in [5, 5.41) is 3.52. The lowest BCUT2D eigenvalue weighted by Gasteiger charge is -2.15. The van der Waals surface area contributed by atoms with Crippen molar-refractivity contribution in [2.75, 3.05) is 20.2 Å². The van der Waals surface area contributed by atoms with Crippen LogP contribution < -0.4 is 10.1 Å². The molecule has 0 aromatic heterocycles. The number of hydrogen-bond acceptors (Lipinski definition) is 2. The molecule has 1 atom stereocenters. The molecule has 1 saturated heterocycles. The lowest BCUT2D eigenvalue weighted by molar-refractivity contribution is 0.411. The van der Waals surface area contributed by atoms with Crippen LogP contribution in [-0.2, 0) is 6.42 Å². The maximum Gasteiger partial charge on any atom is 0.133 e. The molecule has 1 fully saturated rings. The maximum absolute atomic E-state index is 5.25. The van der Waals surface area contributed by atoms with Crippen LogP contribution in [0.15, 0.2) is 22.7 Å². The van der Waals surface area contributed by atoms with Gasteiger partial charge < -0.3 is 10.1 Å². The zero-order chi connectivity index (χ0) is 12.1. The third-order valence-electron chi connectivity index (χ3n) is 3.39. The van der Waals surface area contributed by atoms with Crippen molar-refractivity contribution in [3.05, 3.63) is 28.2 Å². The number of benzene rings is 1. The molecule has 2 nitrogen and oxygen atoms in total. The molecule has 1 aromatic rings. The van der Waals surface area contributed by atoms with E-state index in [-0.39, 0.29) is 0 Å². The van der Waals surface area contributed by atoms with E-state index in [0.29, 0.717) is 0 Å². The number of halogens is 1. The van der Waals surface area contributed by atoms with Crippen LogP contribution in [0.4, 0.5) is 0 Å². The fourth-order valence-electron chi connectivity index (χ4n) is 2.44. The highest BCUT2D eigenvalue weighted by molar-refractivity contribution is 9.10. The summed E-state index contributed by atoms with van der Waals surface area (Å²) in [5.41, 5.74) is 1.39. The minimum atomic E-state index is 0.776. The highest BCUT2D eigenvalue weighted by atomic mass is 79.9. The molecular weight excluding hydrogens is 278 g/mol. The van der Waals surface area contributed by atoms with Gasteiger partial charge in [0.2, 0.25) is 0 Å². The molecule has 0 saturated carbocycles. The molecule has 1 aliphatic heterocycles. The summed E-state index contributed by atoms with van der Waals surface area (Å²) in [6, 6.07) is 6.40. The van der Waals surface area contributed by atoms with Crippen LogP contribution in [0.1, 0.15) is 24.8 Å². The van der Waals surface area contributed by atoms with Gasteiger partial charge in [-0.2, -0.15) is 0 Å². The van der Waals surface area contributed by atoms with Crippen molar-refractivity contribution in [3.8, 4) is 5.75 Å². The van der Waals surface area contributed by atoms with Crippen molar-refractivity contribution < 1.29 is 4.74 Å². The second-order valence-electron chi connectivity index (χ2n) is 4.74. The smallest absolute Gasteiger partial charge is 0.133 e. The normalized spacial score (nSPS) is 20.9. The third kappa shape index (κ3) is 3.71. The maximum atomic E-state index is 5.25. The van der Waals surface area contributed by atoms with Crippen molar-refractivity contribution in [1.82, 2.24) is 5.32 Å². The molecule has 0 amide bonds. The molecule has 17 heavy (non-hydrogen) atoms. The molecule has 2 rings (SSSR count). The summed E-state index contributed by atoms with van der Waals surface area (Å²) in [4.78, 5) is 0. The van der Waals surface area contributed by atoms with Gasteiger partial charge in [0.1, 0.15) is 5.75 Å². The van der Waals surface area contributed by atoms with Gasteiger partial charge in [-0.15, -0.1) is 0 Å². The summed E-state index contributed by atoms with van der Waals surface area (Å²) < 4.78 is 6.31. The second kappa shape index (κ2) is 6.41. The summed E-state index contributed by atoms with van der Waals surface area (Å²) in [7, 11) is 1.70. The minimum Gasteiger partial charge on any atom is -0.496 e. The van der Waals surface area contributed by atoms with Crippen molar-refractivity contribution in [3.63, 3.8) is 0 Å². The average Bonchev–Trinajstić information content (AvgIpc) is 2.58. The van der Waals surface area contributed by atoms with E-state index < -0.39 is 0 Å². The Hall–Kier alpha value is -0.540. The van der Waals surface area contributed by atoms with Gasteiger partial charge in [0.25, 0.3) is 0 Å². The highest BCUT2D eigenvalue weighted by Crippen LogP contribution is 2.27. The Balaban J connectivity index is 1.99. The minimum absolute atomic E-state index is 0.776. The third-order valence-corrected chi connectivity index (χ3v) is 4.01. The number of ether oxygens (including phenoxy) is 1. The summed E-state index contributed by atoms with van der Waals surface area (Å²) in [5.74, 6) is 1.69. The zero-order valence-corrected chi connectivity index (χ0v) is 11.9. The SMILES string of the molecule is COc1ccc(CC2CCCCNC2)cc1Br. The van der Waals surface area contributed by atoms with Gasteiger partial charge >= 0.3 is 0 Å². The molecule has 94 valence electrons. The Labute approximate surface area is 112 Å². The Morgan fingerprint density at radius 2 is 2.29 bits per heavy atom. The van der Waals surface area contributed by atoms with E-state index in [1.807, 2.05) is 6.07 Å². The van der Waals surface area contributed by atoms with E-state index in [1.165, 1.54) is 31.4 Å². The zero-order valence-electron chi connectivity index (χ0n) is 10.3. The molecule has 0 radical (unpaired) electrons. The highest BCUT2D eigenvalue weighted by Gasteiger charge is 2.13. The number of rotatable bonds is 3. The van der Waals surface area contributed by atoms with Gasteiger partial charge in [0.05, 0.1) is 11.6 Å². The van der Waals surface area contributed by atoms with Crippen LogP contribution in [0.25, 0.3) is 0 Å². The molecule has 1 unspecified atom stereocenters. The quantitative estimate of drug-likeness (QED) is 0.923. The molecule has 3 heteroatoms. The molecule has 1 N–H and O–H groups in total. The number of hydrogen-bond donors (Lipinski definition) is 1. The van der Waals surface area contributed by atoms with E-state index in [9.17, 15) is 0 Å². The van der Waals surface area contributed by atoms with E-state index in [0.717, 1.165) is 29.1 Å². The van der Waals surface area contributed by atoms with Gasteiger partial charge in [-0.3, -0.25) is 0 Å². The van der Waals surface area contributed by atoms with Crippen LogP contribution in [-0.4, -0.2) is 20.2 Å². The fraction of sp³-hybridized carbons (Fsp3) is 0.571. The van der Waals surface area contributed by atoms with Crippen LogP contribution in [0, 0.1) is 5.92 Å². The summed E-state index contributed by atoms with van der Waals surface area (Å²) >= 11 is 3.55. The largest absolute Gasteiger partial charge is 0.496 e. The van der Waals surface area contributed by atoms with Crippen molar-refractivity contribution >= 4 is 15.9 Å². The Morgan fingerprint density at radius 1 is 1.41 bits per heavy atom. The first kappa shape index (κ1) is 12.9. The van der Waals surface area contributed by atoms with Gasteiger partial charge in [-0.25, -0.2) is 0 Å². The second-order valence-corrected chi connectivity index (χ2v) is 5.59. The molecule has 0 aliphatic carbocycles. The Kier molecular flexibility index (Phi) is 4.86. The fourth-order valence-corrected chi connectivity index (χ4v) is 3.02. The Bertz CT molecular complexity index is 359. The molecule has 0 bridgehead atoms. The van der Waals surface area contributed by atoms with Crippen LogP contribution in [0.5, 0.6) is 5.75 Å². The lowest BCUT2D eigenvalue weighted by atomic mass is 9.95. The van der Waals surface area contributed by atoms with Crippen LogP contribution in [0.3, 0.4) is 0 Å². The van der Waals surface area contributed by atoms with Gasteiger partial charge in [-0.1, -0.05) is 12.5 Å². The molecule has 1 aromatic carbocycles. The molecule has 0 spiro atoms. The predicted octanol–water partition coefficient (Wildman–Crippen LogP) is 3.39. The molecule has 1 heterocycles. The standard InChI is InChI=1S/C14H20BrNO/c1-17-14-6-5-11(9-13(14)15)8-12-4-2-3-7-16-10-12/h5-6,9,12,16H,2-4,7-8,10H2,1H3. The van der Waals surface area contributed by atoms with Gasteiger partial charge in [-0.05, 0) is 71.9 Å². The average molecular weight is 298 g/mol. The first-order chi connectivity index (χ1) is 8.29. The first-order valence-electron chi connectivity index (χ1n) is 6.32. The van der Waals surface area contributed by atoms with E-state index in [1.54, 1.807) is 7.11 Å². The van der Waals surface area contributed by atoms with E-state index >= 15 is 0 Å². The van der Waals surface area contributed by atoms with Crippen LogP contribution >= 0.6 is 15.9 Å². The summed E-state index contributed by atoms with van der Waals surface area (Å²) in [6.45, 7) is 2.34. The molecule has 1 aliphatic rings. The topological polar surface area (TPSA) is 21.3 Å². The lowest BCUT2D eigenvalue weighted by Crippen LogP contribution is -2.21. The van der Waals surface area contributed by atoms with Gasteiger partial charge in [0, 0.05) is 0 Å².